The summed E-state index contributed by atoms with van der Waals surface area (Å²) in [6.45, 7) is 4.51. The zero-order valence-electron chi connectivity index (χ0n) is 15.2. The maximum atomic E-state index is 12.4. The van der Waals surface area contributed by atoms with Gasteiger partial charge >= 0.3 is 5.97 Å². The van der Waals surface area contributed by atoms with E-state index in [9.17, 15) is 15.0 Å². The number of carbonyl (C=O) groups is 1. The highest BCUT2D eigenvalue weighted by Gasteiger charge is 2.67. The number of aliphatic hydroxyl groups is 2. The molecule has 2 N–H and O–H groups in total. The quantitative estimate of drug-likeness (QED) is 0.723. The molecular formula is C20H32O4. The lowest BCUT2D eigenvalue weighted by Gasteiger charge is -2.62. The first kappa shape index (κ1) is 16.8. The van der Waals surface area contributed by atoms with Crippen LogP contribution in [0.15, 0.2) is 0 Å². The molecule has 4 heteroatoms. The van der Waals surface area contributed by atoms with E-state index < -0.39 is 6.10 Å². The highest BCUT2D eigenvalue weighted by molar-refractivity contribution is 5.73. The minimum atomic E-state index is -0.431. The highest BCUT2D eigenvalue weighted by atomic mass is 16.5. The molecule has 0 aromatic heterocycles. The van der Waals surface area contributed by atoms with Crippen LogP contribution in [0.2, 0.25) is 0 Å². The Morgan fingerprint density at radius 1 is 1.17 bits per heavy atom. The van der Waals surface area contributed by atoms with E-state index in [0.717, 1.165) is 32.1 Å². The van der Waals surface area contributed by atoms with Gasteiger partial charge in [-0.3, -0.25) is 4.79 Å². The predicted octanol–water partition coefficient (Wildman–Crippen LogP) is 2.76. The summed E-state index contributed by atoms with van der Waals surface area (Å²) in [6, 6.07) is 0. The van der Waals surface area contributed by atoms with Crippen LogP contribution < -0.4 is 0 Å². The fourth-order valence-electron chi connectivity index (χ4n) is 7.80. The van der Waals surface area contributed by atoms with Gasteiger partial charge < -0.3 is 14.9 Å². The molecule has 1 spiro atoms. The van der Waals surface area contributed by atoms with Crippen LogP contribution in [0.3, 0.4) is 0 Å². The Bertz CT molecular complexity index is 534. The van der Waals surface area contributed by atoms with Crippen molar-refractivity contribution in [2.45, 2.75) is 71.0 Å². The minimum absolute atomic E-state index is 0.0192. The Balaban J connectivity index is 1.73. The number of carbonyl (C=O) groups excluding carboxylic acids is 1. The van der Waals surface area contributed by atoms with Gasteiger partial charge in [0.05, 0.1) is 25.2 Å². The van der Waals surface area contributed by atoms with Crippen LogP contribution in [-0.2, 0) is 9.53 Å². The number of hydrogen-bond donors (Lipinski definition) is 2. The molecule has 0 heterocycles. The van der Waals surface area contributed by atoms with Gasteiger partial charge in [-0.1, -0.05) is 13.8 Å². The van der Waals surface area contributed by atoms with Crippen LogP contribution in [-0.4, -0.2) is 35.5 Å². The summed E-state index contributed by atoms with van der Waals surface area (Å²) in [7, 11) is 1.46. The molecule has 4 aliphatic carbocycles. The van der Waals surface area contributed by atoms with E-state index in [-0.39, 0.29) is 34.7 Å². The second-order valence-electron chi connectivity index (χ2n) is 9.51. The lowest BCUT2D eigenvalue weighted by Crippen LogP contribution is -2.59. The summed E-state index contributed by atoms with van der Waals surface area (Å²) in [4.78, 5) is 12.4. The molecular weight excluding hydrogens is 304 g/mol. The minimum Gasteiger partial charge on any atom is -0.469 e. The normalized spacial score (nSPS) is 56.3. The van der Waals surface area contributed by atoms with Crippen molar-refractivity contribution in [2.24, 2.45) is 40.4 Å². The van der Waals surface area contributed by atoms with E-state index in [0.29, 0.717) is 24.2 Å². The summed E-state index contributed by atoms with van der Waals surface area (Å²) in [5.74, 6) is 1.40. The standard InChI is InChI=1S/C20H32O4/c1-11-12-4-5-16-19(2)10-13(21)8-14(18(23)24-3)15(19)6-7-20(16,9-12)17(11)22/h11-17,21-22H,4-10H2,1-3H3/t11-,12+,13+,14+,15+,16-,17-,19+,20+/m0/s1. The Morgan fingerprint density at radius 3 is 2.62 bits per heavy atom. The second-order valence-corrected chi connectivity index (χ2v) is 9.51. The van der Waals surface area contributed by atoms with Crippen molar-refractivity contribution in [3.05, 3.63) is 0 Å². The molecule has 9 atom stereocenters. The smallest absolute Gasteiger partial charge is 0.309 e. The highest BCUT2D eigenvalue weighted by Crippen LogP contribution is 2.70. The molecule has 0 aliphatic heterocycles. The number of methoxy groups -OCH3 is 1. The monoisotopic (exact) mass is 336 g/mol. The average Bonchev–Trinajstić information content (AvgIpc) is 2.73. The molecule has 4 aliphatic rings. The molecule has 0 aromatic rings. The summed E-state index contributed by atoms with van der Waals surface area (Å²) in [5, 5.41) is 21.6. The first-order chi connectivity index (χ1) is 11.3. The first-order valence-corrected chi connectivity index (χ1v) is 9.77. The average molecular weight is 336 g/mol. The van der Waals surface area contributed by atoms with Crippen molar-refractivity contribution in [1.82, 2.24) is 0 Å². The first-order valence-electron chi connectivity index (χ1n) is 9.77. The van der Waals surface area contributed by atoms with E-state index >= 15 is 0 Å². The number of esters is 1. The van der Waals surface area contributed by atoms with Crippen LogP contribution in [0.5, 0.6) is 0 Å². The van der Waals surface area contributed by atoms with Crippen molar-refractivity contribution >= 4 is 5.97 Å². The van der Waals surface area contributed by atoms with Gasteiger partial charge in [-0.2, -0.15) is 0 Å². The molecule has 0 amide bonds. The van der Waals surface area contributed by atoms with Crippen molar-refractivity contribution in [1.29, 1.82) is 0 Å². The molecule has 136 valence electrons. The molecule has 0 radical (unpaired) electrons. The largest absolute Gasteiger partial charge is 0.469 e. The van der Waals surface area contributed by atoms with Gasteiger partial charge in [-0.05, 0) is 74.0 Å². The van der Waals surface area contributed by atoms with Crippen LogP contribution in [0.4, 0.5) is 0 Å². The summed E-state index contributed by atoms with van der Waals surface area (Å²) < 4.78 is 5.07. The van der Waals surface area contributed by atoms with Gasteiger partial charge in [0, 0.05) is 5.41 Å². The zero-order chi connectivity index (χ0) is 17.3. The molecule has 4 saturated carbocycles. The third-order valence-electron chi connectivity index (χ3n) is 8.75. The van der Waals surface area contributed by atoms with Crippen molar-refractivity contribution < 1.29 is 19.7 Å². The molecule has 4 nitrogen and oxygen atoms in total. The number of ether oxygens (including phenoxy) is 1. The van der Waals surface area contributed by atoms with Gasteiger partial charge in [0.2, 0.25) is 0 Å². The van der Waals surface area contributed by atoms with Crippen LogP contribution in [0.25, 0.3) is 0 Å². The molecule has 2 bridgehead atoms. The third-order valence-corrected chi connectivity index (χ3v) is 8.75. The maximum absolute atomic E-state index is 12.4. The van der Waals surface area contributed by atoms with E-state index in [1.807, 2.05) is 0 Å². The van der Waals surface area contributed by atoms with Crippen molar-refractivity contribution in [3.63, 3.8) is 0 Å². The van der Waals surface area contributed by atoms with Crippen LogP contribution in [0, 0.1) is 40.4 Å². The van der Waals surface area contributed by atoms with Gasteiger partial charge in [0.1, 0.15) is 0 Å². The van der Waals surface area contributed by atoms with Gasteiger partial charge in [-0.15, -0.1) is 0 Å². The summed E-state index contributed by atoms with van der Waals surface area (Å²) >= 11 is 0. The SMILES string of the molecule is COC(=O)[C@@H]1C[C@@H](O)C[C@]2(C)[C@@H]1CC[C@@]13C[C@@H](CC[C@@H]21)[C@H](C)[C@@H]3O. The van der Waals surface area contributed by atoms with Crippen LogP contribution in [0.1, 0.15) is 58.8 Å². The summed E-state index contributed by atoms with van der Waals surface area (Å²) in [5.41, 5.74) is -0.0455. The van der Waals surface area contributed by atoms with Crippen LogP contribution >= 0.6 is 0 Å². The molecule has 24 heavy (non-hydrogen) atoms. The fraction of sp³-hybridized carbons (Fsp3) is 0.950. The Hall–Kier alpha value is -0.610. The summed E-state index contributed by atoms with van der Waals surface area (Å²) in [6.07, 6.45) is 6.13. The number of fused-ring (bicyclic) bond motifs is 3. The lowest BCUT2D eigenvalue weighted by molar-refractivity contribution is -0.187. The third kappa shape index (κ3) is 2.02. The predicted molar refractivity (Wildman–Crippen MR) is 90.0 cm³/mol. The van der Waals surface area contributed by atoms with Crippen molar-refractivity contribution in [3.8, 4) is 0 Å². The number of rotatable bonds is 1. The fourth-order valence-corrected chi connectivity index (χ4v) is 7.80. The Kier molecular flexibility index (Phi) is 3.82. The number of hydrogen-bond acceptors (Lipinski definition) is 4. The van der Waals surface area contributed by atoms with Gasteiger partial charge in [-0.25, -0.2) is 0 Å². The number of aliphatic hydroxyl groups excluding tert-OH is 2. The Morgan fingerprint density at radius 2 is 1.92 bits per heavy atom. The maximum Gasteiger partial charge on any atom is 0.309 e. The lowest BCUT2D eigenvalue weighted by atomic mass is 9.43. The van der Waals surface area contributed by atoms with Gasteiger partial charge in [0.25, 0.3) is 0 Å². The second kappa shape index (κ2) is 5.44. The Labute approximate surface area is 145 Å². The van der Waals surface area contributed by atoms with E-state index in [4.69, 9.17) is 4.74 Å². The molecule has 4 fully saturated rings. The topological polar surface area (TPSA) is 66.8 Å². The molecule has 0 aromatic carbocycles. The zero-order valence-corrected chi connectivity index (χ0v) is 15.2. The van der Waals surface area contributed by atoms with Crippen molar-refractivity contribution in [2.75, 3.05) is 7.11 Å². The van der Waals surface area contributed by atoms with E-state index in [2.05, 4.69) is 13.8 Å². The molecule has 0 unspecified atom stereocenters. The molecule has 4 rings (SSSR count). The van der Waals surface area contributed by atoms with Gasteiger partial charge in [0.15, 0.2) is 0 Å². The van der Waals surface area contributed by atoms with E-state index in [1.165, 1.54) is 13.5 Å². The van der Waals surface area contributed by atoms with E-state index in [1.54, 1.807) is 0 Å². The molecule has 0 saturated heterocycles.